The van der Waals surface area contributed by atoms with Crippen LogP contribution in [0.2, 0.25) is 0 Å². The van der Waals surface area contributed by atoms with E-state index in [0.29, 0.717) is 12.1 Å². The Hall–Kier alpha value is -0.160. The van der Waals surface area contributed by atoms with E-state index >= 15 is 0 Å². The monoisotopic (exact) mass is 242 g/mol. The van der Waals surface area contributed by atoms with Crippen LogP contribution in [0.25, 0.3) is 0 Å². The van der Waals surface area contributed by atoms with E-state index in [1.165, 1.54) is 19.3 Å². The van der Waals surface area contributed by atoms with Crippen molar-refractivity contribution in [2.75, 3.05) is 46.0 Å². The SMILES string of the molecule is CCNCC1COCCN1CC1CCCCO1. The Labute approximate surface area is 105 Å². The minimum absolute atomic E-state index is 0.450. The van der Waals surface area contributed by atoms with Crippen molar-refractivity contribution in [3.63, 3.8) is 0 Å². The number of hydrogen-bond acceptors (Lipinski definition) is 4. The Kier molecular flexibility index (Phi) is 5.71. The van der Waals surface area contributed by atoms with Crippen LogP contribution in [0.1, 0.15) is 26.2 Å². The number of likely N-dealkylation sites (N-methyl/N-ethyl adjacent to an activating group) is 1. The van der Waals surface area contributed by atoms with Crippen LogP contribution in [0.4, 0.5) is 0 Å². The van der Waals surface area contributed by atoms with Gasteiger partial charge in [0.2, 0.25) is 0 Å². The van der Waals surface area contributed by atoms with Gasteiger partial charge in [0.15, 0.2) is 0 Å². The fraction of sp³-hybridized carbons (Fsp3) is 1.00. The zero-order chi connectivity index (χ0) is 11.9. The lowest BCUT2D eigenvalue weighted by Gasteiger charge is -2.38. The first kappa shape index (κ1) is 13.3. The first-order chi connectivity index (χ1) is 8.40. The van der Waals surface area contributed by atoms with Crippen LogP contribution in [-0.4, -0.2) is 63.0 Å². The first-order valence-electron chi connectivity index (χ1n) is 7.04. The van der Waals surface area contributed by atoms with Gasteiger partial charge in [0.1, 0.15) is 0 Å². The minimum Gasteiger partial charge on any atom is -0.378 e. The molecule has 2 fully saturated rings. The average molecular weight is 242 g/mol. The van der Waals surface area contributed by atoms with Crippen LogP contribution < -0.4 is 5.32 Å². The number of nitrogens with zero attached hydrogens (tertiary/aromatic N) is 1. The van der Waals surface area contributed by atoms with Crippen LogP contribution in [0.3, 0.4) is 0 Å². The van der Waals surface area contributed by atoms with E-state index in [1.807, 2.05) is 0 Å². The second-order valence-corrected chi connectivity index (χ2v) is 5.02. The Bertz CT molecular complexity index is 208. The molecule has 0 spiro atoms. The smallest absolute Gasteiger partial charge is 0.0702 e. The Balaban J connectivity index is 1.78. The van der Waals surface area contributed by atoms with Gasteiger partial charge in [0.05, 0.1) is 19.3 Å². The topological polar surface area (TPSA) is 33.7 Å². The molecule has 100 valence electrons. The maximum Gasteiger partial charge on any atom is 0.0702 e. The fourth-order valence-electron chi connectivity index (χ4n) is 2.64. The van der Waals surface area contributed by atoms with Crippen molar-refractivity contribution in [2.45, 2.75) is 38.3 Å². The Morgan fingerprint density at radius 3 is 3.00 bits per heavy atom. The standard InChI is InChI=1S/C13H26N2O2/c1-2-14-9-12-11-16-8-6-15(12)10-13-5-3-4-7-17-13/h12-14H,2-11H2,1H3. The van der Waals surface area contributed by atoms with Gasteiger partial charge < -0.3 is 14.8 Å². The van der Waals surface area contributed by atoms with E-state index in [9.17, 15) is 0 Å². The fourth-order valence-corrected chi connectivity index (χ4v) is 2.64. The van der Waals surface area contributed by atoms with Gasteiger partial charge in [-0.1, -0.05) is 6.92 Å². The average Bonchev–Trinajstić information content (AvgIpc) is 2.39. The maximum absolute atomic E-state index is 5.83. The van der Waals surface area contributed by atoms with Crippen LogP contribution in [0.5, 0.6) is 0 Å². The van der Waals surface area contributed by atoms with E-state index < -0.39 is 0 Å². The summed E-state index contributed by atoms with van der Waals surface area (Å²) in [6.07, 6.45) is 4.24. The predicted molar refractivity (Wildman–Crippen MR) is 68.3 cm³/mol. The highest BCUT2D eigenvalue weighted by molar-refractivity contribution is 4.80. The van der Waals surface area contributed by atoms with E-state index in [4.69, 9.17) is 9.47 Å². The maximum atomic E-state index is 5.83. The summed E-state index contributed by atoms with van der Waals surface area (Å²) < 4.78 is 11.4. The molecule has 0 aliphatic carbocycles. The molecule has 2 aliphatic rings. The predicted octanol–water partition coefficient (Wildman–Crippen LogP) is 0.866. The number of rotatable bonds is 5. The molecule has 4 heteroatoms. The van der Waals surface area contributed by atoms with Crippen molar-refractivity contribution in [1.29, 1.82) is 0 Å². The van der Waals surface area contributed by atoms with Crippen molar-refractivity contribution in [1.82, 2.24) is 10.2 Å². The van der Waals surface area contributed by atoms with Crippen molar-refractivity contribution in [3.05, 3.63) is 0 Å². The molecule has 2 heterocycles. The molecule has 2 saturated heterocycles. The highest BCUT2D eigenvalue weighted by Gasteiger charge is 2.26. The summed E-state index contributed by atoms with van der Waals surface area (Å²) in [7, 11) is 0. The lowest BCUT2D eigenvalue weighted by Crippen LogP contribution is -2.53. The Morgan fingerprint density at radius 2 is 2.24 bits per heavy atom. The van der Waals surface area contributed by atoms with Gasteiger partial charge in [-0.05, 0) is 25.8 Å². The van der Waals surface area contributed by atoms with Gasteiger partial charge in [-0.15, -0.1) is 0 Å². The summed E-state index contributed by atoms with van der Waals surface area (Å²) in [5, 5.41) is 3.42. The number of morpholine rings is 1. The second kappa shape index (κ2) is 7.31. The summed E-state index contributed by atoms with van der Waals surface area (Å²) in [5.41, 5.74) is 0. The van der Waals surface area contributed by atoms with Gasteiger partial charge in [-0.2, -0.15) is 0 Å². The molecule has 4 nitrogen and oxygen atoms in total. The number of nitrogens with one attached hydrogen (secondary N) is 1. The number of hydrogen-bond donors (Lipinski definition) is 1. The third-order valence-corrected chi connectivity index (χ3v) is 3.69. The van der Waals surface area contributed by atoms with E-state index in [2.05, 4.69) is 17.1 Å². The third-order valence-electron chi connectivity index (χ3n) is 3.69. The van der Waals surface area contributed by atoms with E-state index in [-0.39, 0.29) is 0 Å². The largest absolute Gasteiger partial charge is 0.378 e. The third kappa shape index (κ3) is 4.21. The molecule has 2 aliphatic heterocycles. The molecule has 0 aromatic carbocycles. The lowest BCUT2D eigenvalue weighted by atomic mass is 10.1. The van der Waals surface area contributed by atoms with E-state index in [1.54, 1.807) is 0 Å². The molecular weight excluding hydrogens is 216 g/mol. The zero-order valence-corrected chi connectivity index (χ0v) is 11.0. The van der Waals surface area contributed by atoms with Crippen LogP contribution in [-0.2, 0) is 9.47 Å². The van der Waals surface area contributed by atoms with Gasteiger partial charge in [-0.3, -0.25) is 4.90 Å². The van der Waals surface area contributed by atoms with Crippen molar-refractivity contribution < 1.29 is 9.47 Å². The molecule has 2 atom stereocenters. The Morgan fingerprint density at radius 1 is 1.29 bits per heavy atom. The van der Waals surface area contributed by atoms with Crippen molar-refractivity contribution in [2.24, 2.45) is 0 Å². The number of ether oxygens (including phenoxy) is 2. The lowest BCUT2D eigenvalue weighted by molar-refractivity contribution is -0.0539. The van der Waals surface area contributed by atoms with Gasteiger partial charge in [0, 0.05) is 32.3 Å². The highest BCUT2D eigenvalue weighted by atomic mass is 16.5. The van der Waals surface area contributed by atoms with Gasteiger partial charge in [-0.25, -0.2) is 0 Å². The molecule has 2 rings (SSSR count). The molecule has 17 heavy (non-hydrogen) atoms. The van der Waals surface area contributed by atoms with E-state index in [0.717, 1.165) is 46.0 Å². The quantitative estimate of drug-likeness (QED) is 0.775. The minimum atomic E-state index is 0.450. The molecule has 0 saturated carbocycles. The van der Waals surface area contributed by atoms with Crippen LogP contribution in [0.15, 0.2) is 0 Å². The van der Waals surface area contributed by atoms with Crippen LogP contribution in [0, 0.1) is 0 Å². The summed E-state index contributed by atoms with van der Waals surface area (Å²) in [6, 6.07) is 0.522. The molecular formula is C13H26N2O2. The first-order valence-corrected chi connectivity index (χ1v) is 7.04. The molecule has 0 aromatic rings. The normalized spacial score (nSPS) is 31.6. The molecule has 1 N–H and O–H groups in total. The summed E-state index contributed by atoms with van der Waals surface area (Å²) >= 11 is 0. The summed E-state index contributed by atoms with van der Waals surface area (Å²) in [4.78, 5) is 2.54. The summed E-state index contributed by atoms with van der Waals surface area (Å²) in [6.45, 7) is 9.03. The molecule has 0 aromatic heterocycles. The molecule has 0 radical (unpaired) electrons. The zero-order valence-electron chi connectivity index (χ0n) is 11.0. The van der Waals surface area contributed by atoms with Gasteiger partial charge in [0.25, 0.3) is 0 Å². The second-order valence-electron chi connectivity index (χ2n) is 5.02. The van der Waals surface area contributed by atoms with Crippen LogP contribution >= 0.6 is 0 Å². The molecule has 0 amide bonds. The summed E-state index contributed by atoms with van der Waals surface area (Å²) in [5.74, 6) is 0. The van der Waals surface area contributed by atoms with Crippen molar-refractivity contribution in [3.8, 4) is 0 Å². The molecule has 0 bridgehead atoms. The highest BCUT2D eigenvalue weighted by Crippen LogP contribution is 2.16. The van der Waals surface area contributed by atoms with Crippen molar-refractivity contribution >= 4 is 0 Å². The van der Waals surface area contributed by atoms with Gasteiger partial charge >= 0.3 is 0 Å². The molecule has 2 unspecified atom stereocenters.